The van der Waals surface area contributed by atoms with Crippen molar-refractivity contribution in [1.82, 2.24) is 9.88 Å². The van der Waals surface area contributed by atoms with Crippen molar-refractivity contribution in [1.29, 1.82) is 0 Å². The maximum atomic E-state index is 12.7. The molecule has 1 aliphatic rings. The van der Waals surface area contributed by atoms with Gasteiger partial charge in [0.25, 0.3) is 0 Å². The van der Waals surface area contributed by atoms with Gasteiger partial charge in [-0.05, 0) is 48.2 Å². The molecule has 24 heavy (non-hydrogen) atoms. The molecule has 5 heteroatoms. The van der Waals surface area contributed by atoms with E-state index < -0.39 is 6.10 Å². The first-order chi connectivity index (χ1) is 11.7. The molecule has 1 aromatic carbocycles. The summed E-state index contributed by atoms with van der Waals surface area (Å²) in [4.78, 5) is 18.5. The van der Waals surface area contributed by atoms with Crippen molar-refractivity contribution in [2.75, 3.05) is 13.7 Å². The Morgan fingerprint density at radius 3 is 2.88 bits per heavy atom. The van der Waals surface area contributed by atoms with Gasteiger partial charge in [0.05, 0.1) is 19.3 Å². The summed E-state index contributed by atoms with van der Waals surface area (Å²) in [6.07, 6.45) is 4.66. The molecule has 0 bridgehead atoms. The Balaban J connectivity index is 1.71. The van der Waals surface area contributed by atoms with E-state index in [0.717, 1.165) is 16.9 Å². The van der Waals surface area contributed by atoms with Crippen LogP contribution in [0.15, 0.2) is 48.8 Å². The number of nitrogens with zero attached hydrogens (tertiary/aromatic N) is 2. The van der Waals surface area contributed by atoms with Crippen LogP contribution >= 0.6 is 0 Å². The SMILES string of the molecule is COc1cccc([C@@H]2C[C@H](O)CN2C(=O)CCc2ccncc2)c1. The molecule has 0 spiro atoms. The number of rotatable bonds is 5. The average Bonchev–Trinajstić information content (AvgIpc) is 3.02. The number of aromatic nitrogens is 1. The molecule has 0 aliphatic carbocycles. The Kier molecular flexibility index (Phi) is 5.11. The second-order valence-electron chi connectivity index (χ2n) is 6.08. The third kappa shape index (κ3) is 3.74. The van der Waals surface area contributed by atoms with Crippen molar-refractivity contribution in [3.63, 3.8) is 0 Å². The predicted octanol–water partition coefficient (Wildman–Crippen LogP) is 2.36. The van der Waals surface area contributed by atoms with E-state index in [1.807, 2.05) is 36.4 Å². The first-order valence-electron chi connectivity index (χ1n) is 8.18. The molecule has 1 aliphatic heterocycles. The summed E-state index contributed by atoms with van der Waals surface area (Å²) in [7, 11) is 1.63. The number of likely N-dealkylation sites (tertiary alicyclic amines) is 1. The highest BCUT2D eigenvalue weighted by Crippen LogP contribution is 2.34. The number of aryl methyl sites for hydroxylation is 1. The number of carbonyl (C=O) groups excluding carboxylic acids is 1. The van der Waals surface area contributed by atoms with E-state index in [1.54, 1.807) is 24.4 Å². The van der Waals surface area contributed by atoms with E-state index in [2.05, 4.69) is 4.98 Å². The highest BCUT2D eigenvalue weighted by molar-refractivity contribution is 5.77. The minimum atomic E-state index is -0.480. The zero-order valence-corrected chi connectivity index (χ0v) is 13.8. The molecule has 1 aromatic heterocycles. The monoisotopic (exact) mass is 326 g/mol. The van der Waals surface area contributed by atoms with Gasteiger partial charge in [0.1, 0.15) is 5.75 Å². The lowest BCUT2D eigenvalue weighted by molar-refractivity contribution is -0.132. The maximum Gasteiger partial charge on any atom is 0.223 e. The Hall–Kier alpha value is -2.40. The van der Waals surface area contributed by atoms with E-state index in [0.29, 0.717) is 25.8 Å². The predicted molar refractivity (Wildman–Crippen MR) is 90.6 cm³/mol. The van der Waals surface area contributed by atoms with Gasteiger partial charge >= 0.3 is 0 Å². The van der Waals surface area contributed by atoms with Gasteiger partial charge in [0.15, 0.2) is 0 Å². The van der Waals surface area contributed by atoms with Gasteiger partial charge in [-0.2, -0.15) is 0 Å². The van der Waals surface area contributed by atoms with Crippen LogP contribution in [0.4, 0.5) is 0 Å². The molecule has 0 radical (unpaired) electrons. The number of aliphatic hydroxyl groups is 1. The van der Waals surface area contributed by atoms with Gasteiger partial charge in [0, 0.05) is 25.4 Å². The van der Waals surface area contributed by atoms with E-state index in [-0.39, 0.29) is 11.9 Å². The standard InChI is InChI=1S/C19H22N2O3/c1-24-17-4-2-3-15(11-17)18-12-16(22)13-21(18)19(23)6-5-14-7-9-20-10-8-14/h2-4,7-11,16,18,22H,5-6,12-13H2,1H3/t16-,18-/m0/s1. The van der Waals surface area contributed by atoms with E-state index in [4.69, 9.17) is 4.74 Å². The number of hydrogen-bond acceptors (Lipinski definition) is 4. The van der Waals surface area contributed by atoms with Crippen LogP contribution in [0.3, 0.4) is 0 Å². The number of carbonyl (C=O) groups is 1. The summed E-state index contributed by atoms with van der Waals surface area (Å²) in [5.41, 5.74) is 2.10. The largest absolute Gasteiger partial charge is 0.497 e. The Labute approximate surface area is 141 Å². The first kappa shape index (κ1) is 16.5. The third-order valence-electron chi connectivity index (χ3n) is 4.45. The minimum Gasteiger partial charge on any atom is -0.497 e. The van der Waals surface area contributed by atoms with Crippen LogP contribution in [0.25, 0.3) is 0 Å². The van der Waals surface area contributed by atoms with Gasteiger partial charge in [0.2, 0.25) is 5.91 Å². The summed E-state index contributed by atoms with van der Waals surface area (Å²) in [6.45, 7) is 0.386. The van der Waals surface area contributed by atoms with Gasteiger partial charge in [-0.15, -0.1) is 0 Å². The fourth-order valence-electron chi connectivity index (χ4n) is 3.20. The Morgan fingerprint density at radius 1 is 1.33 bits per heavy atom. The fraction of sp³-hybridized carbons (Fsp3) is 0.368. The average molecular weight is 326 g/mol. The molecule has 1 N–H and O–H groups in total. The lowest BCUT2D eigenvalue weighted by atomic mass is 10.0. The van der Waals surface area contributed by atoms with Gasteiger partial charge in [-0.25, -0.2) is 0 Å². The van der Waals surface area contributed by atoms with E-state index >= 15 is 0 Å². The van der Waals surface area contributed by atoms with Crippen LogP contribution in [0, 0.1) is 0 Å². The number of amides is 1. The van der Waals surface area contributed by atoms with Crippen molar-refractivity contribution in [3.8, 4) is 5.75 Å². The van der Waals surface area contributed by atoms with Crippen molar-refractivity contribution >= 4 is 5.91 Å². The molecule has 2 atom stereocenters. The summed E-state index contributed by atoms with van der Waals surface area (Å²) in [5.74, 6) is 0.828. The highest BCUT2D eigenvalue weighted by Gasteiger charge is 2.35. The Bertz CT molecular complexity index is 690. The lowest BCUT2D eigenvalue weighted by Crippen LogP contribution is -2.31. The highest BCUT2D eigenvalue weighted by atomic mass is 16.5. The molecule has 126 valence electrons. The number of ether oxygens (including phenoxy) is 1. The molecule has 2 heterocycles. The molecule has 1 fully saturated rings. The van der Waals surface area contributed by atoms with Gasteiger partial charge in [-0.1, -0.05) is 12.1 Å². The van der Waals surface area contributed by atoms with Crippen molar-refractivity contribution in [2.45, 2.75) is 31.4 Å². The zero-order valence-electron chi connectivity index (χ0n) is 13.8. The minimum absolute atomic E-state index is 0.0659. The summed E-state index contributed by atoms with van der Waals surface area (Å²) in [6, 6.07) is 11.5. The van der Waals surface area contributed by atoms with Crippen LogP contribution in [-0.2, 0) is 11.2 Å². The van der Waals surface area contributed by atoms with Gasteiger partial charge < -0.3 is 14.7 Å². The molecular weight excluding hydrogens is 304 g/mol. The second kappa shape index (κ2) is 7.45. The summed E-state index contributed by atoms with van der Waals surface area (Å²) in [5, 5.41) is 10.1. The van der Waals surface area contributed by atoms with Crippen molar-refractivity contribution in [2.24, 2.45) is 0 Å². The Morgan fingerprint density at radius 2 is 2.12 bits per heavy atom. The number of aliphatic hydroxyl groups excluding tert-OH is 1. The maximum absolute atomic E-state index is 12.7. The molecule has 3 rings (SSSR count). The molecule has 1 saturated heterocycles. The van der Waals surface area contributed by atoms with Crippen LogP contribution in [-0.4, -0.2) is 40.7 Å². The van der Waals surface area contributed by atoms with Gasteiger partial charge in [-0.3, -0.25) is 9.78 Å². The van der Waals surface area contributed by atoms with E-state index in [9.17, 15) is 9.90 Å². The molecular formula is C19H22N2O3. The van der Waals surface area contributed by atoms with Crippen molar-refractivity contribution < 1.29 is 14.6 Å². The third-order valence-corrected chi connectivity index (χ3v) is 4.45. The van der Waals surface area contributed by atoms with E-state index in [1.165, 1.54) is 0 Å². The number of methoxy groups -OCH3 is 1. The first-order valence-corrected chi connectivity index (χ1v) is 8.18. The number of β-amino-alcohol motifs (C(OH)–C–C–N with tert-alkyl or cyclic N) is 1. The molecule has 0 unspecified atom stereocenters. The molecule has 0 saturated carbocycles. The number of hydrogen-bond donors (Lipinski definition) is 1. The lowest BCUT2D eigenvalue weighted by Gasteiger charge is -2.25. The molecule has 1 amide bonds. The quantitative estimate of drug-likeness (QED) is 0.916. The van der Waals surface area contributed by atoms with Crippen LogP contribution in [0.2, 0.25) is 0 Å². The fourth-order valence-corrected chi connectivity index (χ4v) is 3.20. The second-order valence-corrected chi connectivity index (χ2v) is 6.08. The normalized spacial score (nSPS) is 20.2. The molecule has 2 aromatic rings. The van der Waals surface area contributed by atoms with Crippen molar-refractivity contribution in [3.05, 3.63) is 59.9 Å². The van der Waals surface area contributed by atoms with Crippen LogP contribution < -0.4 is 4.74 Å². The number of pyridine rings is 1. The molecule has 5 nitrogen and oxygen atoms in total. The summed E-state index contributed by atoms with van der Waals surface area (Å²) < 4.78 is 5.27. The zero-order chi connectivity index (χ0) is 16.9. The summed E-state index contributed by atoms with van der Waals surface area (Å²) >= 11 is 0. The number of benzene rings is 1. The van der Waals surface area contributed by atoms with Crippen LogP contribution in [0.5, 0.6) is 5.75 Å². The smallest absolute Gasteiger partial charge is 0.223 e. The topological polar surface area (TPSA) is 62.7 Å². The van der Waals surface area contributed by atoms with Crippen LogP contribution in [0.1, 0.15) is 30.0 Å².